The minimum atomic E-state index is -1.29. The van der Waals surface area contributed by atoms with Gasteiger partial charge < -0.3 is 10.5 Å². The van der Waals surface area contributed by atoms with Crippen molar-refractivity contribution >= 4 is 63.7 Å². The summed E-state index contributed by atoms with van der Waals surface area (Å²) < 4.78 is 0. The van der Waals surface area contributed by atoms with Crippen molar-refractivity contribution in [1.29, 1.82) is 0 Å². The number of ketones is 2. The molecule has 1 aliphatic heterocycles. The van der Waals surface area contributed by atoms with E-state index in [9.17, 15) is 14.4 Å². The predicted molar refractivity (Wildman–Crippen MR) is 68.7 cm³/mol. The average Bonchev–Trinajstić information content (AvgIpc) is 2.44. The highest BCUT2D eigenvalue weighted by molar-refractivity contribution is 6.83. The smallest absolute Gasteiger partial charge is 0.281 e. The fourth-order valence-corrected chi connectivity index (χ4v) is 2.20. The number of rotatable bonds is 0. The van der Waals surface area contributed by atoms with Crippen LogP contribution in [0.3, 0.4) is 0 Å². The van der Waals surface area contributed by atoms with Crippen LogP contribution in [0.25, 0.3) is 0 Å². The van der Waals surface area contributed by atoms with Crippen LogP contribution < -0.4 is 5.32 Å². The van der Waals surface area contributed by atoms with E-state index in [-0.39, 0.29) is 26.3 Å². The SMILES string of the molecule is O=C1Nc2cc(Cl)c(Cl)c(Cl)c2C(=O)C(=O)/C1=N/O. The molecule has 98 valence electrons. The van der Waals surface area contributed by atoms with E-state index in [1.54, 1.807) is 0 Å². The number of anilines is 1. The number of oxime groups is 1. The summed E-state index contributed by atoms with van der Waals surface area (Å²) in [5.41, 5.74) is -1.32. The molecule has 0 unspecified atom stereocenters. The number of fused-ring (bicyclic) bond motifs is 1. The summed E-state index contributed by atoms with van der Waals surface area (Å²) in [6, 6.07) is 1.18. The first-order chi connectivity index (χ1) is 8.88. The van der Waals surface area contributed by atoms with E-state index < -0.39 is 23.2 Å². The number of nitrogens with one attached hydrogen (secondary N) is 1. The van der Waals surface area contributed by atoms with E-state index in [4.69, 9.17) is 40.0 Å². The van der Waals surface area contributed by atoms with Crippen molar-refractivity contribution in [2.45, 2.75) is 0 Å². The fraction of sp³-hybridized carbons (Fsp3) is 0. The molecule has 0 aliphatic carbocycles. The highest BCUT2D eigenvalue weighted by Gasteiger charge is 2.36. The molecule has 1 amide bonds. The van der Waals surface area contributed by atoms with Crippen LogP contribution in [0.1, 0.15) is 10.4 Å². The van der Waals surface area contributed by atoms with Gasteiger partial charge in [0.2, 0.25) is 11.5 Å². The standard InChI is InChI=1S/C10H3Cl3N2O4/c11-2-1-3-4(6(13)5(2)12)8(16)9(17)7(15-19)10(18)14-3/h1,19H,(H,14,18)/b15-7-. The van der Waals surface area contributed by atoms with Crippen LogP contribution >= 0.6 is 34.8 Å². The van der Waals surface area contributed by atoms with Gasteiger partial charge >= 0.3 is 0 Å². The normalized spacial score (nSPS) is 17.2. The van der Waals surface area contributed by atoms with Crippen molar-refractivity contribution in [3.05, 3.63) is 26.7 Å². The Balaban J connectivity index is 2.78. The second kappa shape index (κ2) is 4.80. The lowest BCUT2D eigenvalue weighted by Gasteiger charge is -2.09. The molecule has 0 atom stereocenters. The summed E-state index contributed by atoms with van der Waals surface area (Å²) in [5, 5.41) is 12.9. The summed E-state index contributed by atoms with van der Waals surface area (Å²) in [7, 11) is 0. The van der Waals surface area contributed by atoms with Crippen molar-refractivity contribution < 1.29 is 19.6 Å². The Kier molecular flexibility index (Phi) is 3.49. The van der Waals surface area contributed by atoms with Gasteiger partial charge in [-0.25, -0.2) is 0 Å². The van der Waals surface area contributed by atoms with Crippen molar-refractivity contribution in [1.82, 2.24) is 0 Å². The topological polar surface area (TPSA) is 95.8 Å². The molecule has 6 nitrogen and oxygen atoms in total. The van der Waals surface area contributed by atoms with Gasteiger partial charge in [0.1, 0.15) is 0 Å². The Bertz CT molecular complexity index is 669. The zero-order chi connectivity index (χ0) is 14.3. The molecular formula is C10H3Cl3N2O4. The minimum absolute atomic E-state index is 0.00430. The second-order valence-electron chi connectivity index (χ2n) is 3.47. The third-order valence-corrected chi connectivity index (χ3v) is 3.64. The number of halogens is 3. The van der Waals surface area contributed by atoms with Crippen LogP contribution in [0.4, 0.5) is 5.69 Å². The first-order valence-electron chi connectivity index (χ1n) is 4.68. The second-order valence-corrected chi connectivity index (χ2v) is 4.63. The fourth-order valence-electron chi connectivity index (χ4n) is 1.51. The van der Waals surface area contributed by atoms with Crippen LogP contribution in [-0.2, 0) is 9.59 Å². The van der Waals surface area contributed by atoms with Crippen molar-refractivity contribution in [3.8, 4) is 0 Å². The molecule has 0 saturated heterocycles. The number of hydrogen-bond acceptors (Lipinski definition) is 5. The molecule has 0 saturated carbocycles. The van der Waals surface area contributed by atoms with E-state index >= 15 is 0 Å². The molecule has 1 aromatic rings. The van der Waals surface area contributed by atoms with Gasteiger partial charge in [-0.05, 0) is 6.07 Å². The van der Waals surface area contributed by atoms with Gasteiger partial charge in [0.15, 0.2) is 0 Å². The van der Waals surface area contributed by atoms with Gasteiger partial charge in [-0.1, -0.05) is 40.0 Å². The predicted octanol–water partition coefficient (Wildman–Crippen LogP) is 2.18. The zero-order valence-corrected chi connectivity index (χ0v) is 11.1. The van der Waals surface area contributed by atoms with Gasteiger partial charge in [-0.15, -0.1) is 0 Å². The number of carbonyl (C=O) groups excluding carboxylic acids is 3. The number of carbonyl (C=O) groups is 3. The lowest BCUT2D eigenvalue weighted by atomic mass is 10.0. The maximum atomic E-state index is 11.9. The van der Waals surface area contributed by atoms with Gasteiger partial charge in [0, 0.05) is 0 Å². The molecule has 1 aliphatic rings. The van der Waals surface area contributed by atoms with Crippen LogP contribution in [-0.4, -0.2) is 28.4 Å². The van der Waals surface area contributed by atoms with Crippen molar-refractivity contribution in [2.75, 3.05) is 5.32 Å². The molecule has 0 fully saturated rings. The molecule has 2 rings (SSSR count). The molecule has 0 spiro atoms. The molecule has 1 heterocycles. The zero-order valence-electron chi connectivity index (χ0n) is 8.83. The van der Waals surface area contributed by atoms with Gasteiger partial charge in [0.25, 0.3) is 11.7 Å². The van der Waals surface area contributed by atoms with Gasteiger partial charge in [0.05, 0.1) is 26.3 Å². The van der Waals surface area contributed by atoms with E-state index in [0.717, 1.165) is 0 Å². The first-order valence-corrected chi connectivity index (χ1v) is 5.81. The van der Waals surface area contributed by atoms with E-state index in [0.29, 0.717) is 0 Å². The number of hydrogen-bond donors (Lipinski definition) is 2. The van der Waals surface area contributed by atoms with Crippen molar-refractivity contribution in [3.63, 3.8) is 0 Å². The Morgan fingerprint density at radius 3 is 2.26 bits per heavy atom. The molecule has 2 N–H and O–H groups in total. The molecule has 0 radical (unpaired) electrons. The lowest BCUT2D eigenvalue weighted by molar-refractivity contribution is -0.113. The third-order valence-electron chi connectivity index (χ3n) is 2.37. The van der Waals surface area contributed by atoms with Crippen LogP contribution in [0.2, 0.25) is 15.1 Å². The summed E-state index contributed by atoms with van der Waals surface area (Å²) in [5.74, 6) is -3.46. The summed E-state index contributed by atoms with van der Waals surface area (Å²) in [6.45, 7) is 0. The maximum Gasteiger partial charge on any atom is 0.281 e. The highest BCUT2D eigenvalue weighted by Crippen LogP contribution is 2.38. The van der Waals surface area contributed by atoms with E-state index in [1.807, 2.05) is 0 Å². The Labute approximate surface area is 120 Å². The number of benzene rings is 1. The summed E-state index contributed by atoms with van der Waals surface area (Å²) in [4.78, 5) is 35.2. The molecule has 19 heavy (non-hydrogen) atoms. The van der Waals surface area contributed by atoms with E-state index in [2.05, 4.69) is 10.5 Å². The Hall–Kier alpha value is -1.63. The van der Waals surface area contributed by atoms with Gasteiger partial charge in [-0.2, -0.15) is 0 Å². The number of Topliss-reactive ketones (excluding diaryl/α,β-unsaturated/α-hetero) is 2. The molecular weight excluding hydrogens is 318 g/mol. The van der Waals surface area contributed by atoms with Gasteiger partial charge in [-0.3, -0.25) is 14.4 Å². The average molecular weight is 322 g/mol. The lowest BCUT2D eigenvalue weighted by Crippen LogP contribution is -2.31. The Morgan fingerprint density at radius 1 is 1.05 bits per heavy atom. The first kappa shape index (κ1) is 13.8. The summed E-state index contributed by atoms with van der Waals surface area (Å²) in [6.07, 6.45) is 0. The Morgan fingerprint density at radius 2 is 1.68 bits per heavy atom. The van der Waals surface area contributed by atoms with Crippen LogP contribution in [0.5, 0.6) is 0 Å². The van der Waals surface area contributed by atoms with Crippen molar-refractivity contribution in [2.24, 2.45) is 5.16 Å². The largest absolute Gasteiger partial charge is 0.410 e. The minimum Gasteiger partial charge on any atom is -0.410 e. The highest BCUT2D eigenvalue weighted by atomic mass is 35.5. The number of amides is 1. The molecule has 0 bridgehead atoms. The van der Waals surface area contributed by atoms with E-state index in [1.165, 1.54) is 6.07 Å². The quantitative estimate of drug-likeness (QED) is 0.331. The third kappa shape index (κ3) is 2.07. The molecule has 1 aromatic carbocycles. The molecule has 0 aromatic heterocycles. The number of nitrogens with zero attached hydrogens (tertiary/aromatic N) is 1. The summed E-state index contributed by atoms with van der Waals surface area (Å²) >= 11 is 17.4. The monoisotopic (exact) mass is 320 g/mol. The van der Waals surface area contributed by atoms with Crippen LogP contribution in [0.15, 0.2) is 11.2 Å². The maximum absolute atomic E-state index is 11.9. The molecule has 9 heteroatoms. The van der Waals surface area contributed by atoms with Crippen LogP contribution in [0, 0.1) is 0 Å².